The number of alkyl halides is 3. The lowest BCUT2D eigenvalue weighted by atomic mass is 9.85. The van der Waals surface area contributed by atoms with Crippen molar-refractivity contribution in [3.63, 3.8) is 0 Å². The number of H-pyrrole nitrogens is 2. The monoisotopic (exact) mass is 583 g/mol. The molecule has 0 atom stereocenters. The number of halogens is 3. The van der Waals surface area contributed by atoms with Crippen molar-refractivity contribution in [2.75, 3.05) is 31.6 Å². The molecule has 13 heteroatoms. The summed E-state index contributed by atoms with van der Waals surface area (Å²) in [5, 5.41) is 30.2. The van der Waals surface area contributed by atoms with Gasteiger partial charge in [0.15, 0.2) is 0 Å². The average Bonchev–Trinajstić information content (AvgIpc) is 3.42. The van der Waals surface area contributed by atoms with Crippen molar-refractivity contribution in [3.8, 4) is 22.9 Å². The third kappa shape index (κ3) is 8.55. The summed E-state index contributed by atoms with van der Waals surface area (Å²) >= 11 is 0. The molecule has 4 N–H and O–H groups in total. The number of anilines is 1. The summed E-state index contributed by atoms with van der Waals surface area (Å²) in [6.07, 6.45) is 0.119. The van der Waals surface area contributed by atoms with Gasteiger partial charge in [0.2, 0.25) is 0 Å². The zero-order valence-corrected chi connectivity index (χ0v) is 23.3. The predicted molar refractivity (Wildman–Crippen MR) is 152 cm³/mol. The molecule has 222 valence electrons. The minimum Gasteiger partial charge on any atom is -0.406 e. The van der Waals surface area contributed by atoms with Gasteiger partial charge >= 0.3 is 6.36 Å². The summed E-state index contributed by atoms with van der Waals surface area (Å²) in [4.78, 5) is 11.7. The zero-order valence-electron chi connectivity index (χ0n) is 23.3. The standard InChI is InChI=1S/C29H32F3N7O3/c1-28(2,18-33)22-9-19(10-23(14-22)42-29(30,31)32)15-34-5-3-4-7-41-8-6-35-25-11-20(12-26-24(25)17-37-38-26)21-13-27(40)39-36-16-21/h9-14,16-17,34-35H,3-8,15H2,1-2H3,(H,37,38)(H,39,40). The summed E-state index contributed by atoms with van der Waals surface area (Å²) in [5.74, 6) is -0.338. The molecule has 0 saturated carbocycles. The van der Waals surface area contributed by atoms with Crippen LogP contribution >= 0.6 is 0 Å². The van der Waals surface area contributed by atoms with Gasteiger partial charge in [0.1, 0.15) is 5.75 Å². The molecule has 0 bridgehead atoms. The Kier molecular flexibility index (Phi) is 9.82. The fourth-order valence-electron chi connectivity index (χ4n) is 4.33. The molecule has 0 radical (unpaired) electrons. The smallest absolute Gasteiger partial charge is 0.406 e. The number of hydrogen-bond donors (Lipinski definition) is 4. The van der Waals surface area contributed by atoms with Crippen LogP contribution in [0.25, 0.3) is 22.0 Å². The van der Waals surface area contributed by atoms with Crippen molar-refractivity contribution in [2.24, 2.45) is 0 Å². The van der Waals surface area contributed by atoms with Crippen LogP contribution in [-0.2, 0) is 16.7 Å². The summed E-state index contributed by atoms with van der Waals surface area (Å²) in [6, 6.07) is 11.8. The van der Waals surface area contributed by atoms with E-state index in [1.807, 2.05) is 12.1 Å². The number of ether oxygens (including phenoxy) is 2. The molecule has 0 spiro atoms. The second kappa shape index (κ2) is 13.5. The first-order valence-electron chi connectivity index (χ1n) is 13.4. The van der Waals surface area contributed by atoms with Crippen molar-refractivity contribution in [1.82, 2.24) is 25.7 Å². The van der Waals surface area contributed by atoms with Crippen molar-refractivity contribution in [2.45, 2.75) is 45.0 Å². The van der Waals surface area contributed by atoms with Crippen molar-refractivity contribution >= 4 is 16.6 Å². The van der Waals surface area contributed by atoms with Crippen LogP contribution in [0.2, 0.25) is 0 Å². The van der Waals surface area contributed by atoms with Crippen LogP contribution in [0, 0.1) is 11.3 Å². The van der Waals surface area contributed by atoms with Gasteiger partial charge in [-0.05, 0) is 74.2 Å². The molecule has 2 aromatic heterocycles. The van der Waals surface area contributed by atoms with E-state index in [0.717, 1.165) is 35.0 Å². The highest BCUT2D eigenvalue weighted by Gasteiger charge is 2.32. The van der Waals surface area contributed by atoms with Crippen LogP contribution in [-0.4, -0.2) is 53.1 Å². The van der Waals surface area contributed by atoms with E-state index in [-0.39, 0.29) is 11.3 Å². The van der Waals surface area contributed by atoms with Crippen molar-refractivity contribution in [3.05, 3.63) is 70.3 Å². The highest BCUT2D eigenvalue weighted by molar-refractivity contribution is 5.95. The summed E-state index contributed by atoms with van der Waals surface area (Å²) in [6.45, 7) is 5.87. The van der Waals surface area contributed by atoms with E-state index < -0.39 is 11.8 Å². The van der Waals surface area contributed by atoms with Gasteiger partial charge in [-0.15, -0.1) is 13.2 Å². The summed E-state index contributed by atoms with van der Waals surface area (Å²) < 4.78 is 48.2. The number of nitriles is 1. The van der Waals surface area contributed by atoms with Gasteiger partial charge in [-0.1, -0.05) is 6.07 Å². The molecule has 0 aliphatic rings. The number of nitrogens with one attached hydrogen (secondary N) is 4. The van der Waals surface area contributed by atoms with E-state index in [1.165, 1.54) is 18.2 Å². The van der Waals surface area contributed by atoms with Gasteiger partial charge in [0.05, 0.1) is 36.0 Å². The molecule has 4 aromatic rings. The van der Waals surface area contributed by atoms with Crippen molar-refractivity contribution < 1.29 is 22.6 Å². The number of hydrogen-bond acceptors (Lipinski definition) is 8. The fraction of sp³-hybridized carbons (Fsp3) is 0.379. The Balaban J connectivity index is 1.19. The predicted octanol–water partition coefficient (Wildman–Crippen LogP) is 5.01. The normalized spacial score (nSPS) is 11.9. The van der Waals surface area contributed by atoms with Crippen LogP contribution in [0.3, 0.4) is 0 Å². The zero-order chi connectivity index (χ0) is 30.2. The van der Waals surface area contributed by atoms with E-state index in [2.05, 4.69) is 41.8 Å². The molecular formula is C29H32F3N7O3. The Labute approximate surface area is 240 Å². The van der Waals surface area contributed by atoms with E-state index >= 15 is 0 Å². The van der Waals surface area contributed by atoms with E-state index in [1.54, 1.807) is 32.3 Å². The second-order valence-electron chi connectivity index (χ2n) is 10.3. The topological polar surface area (TPSA) is 141 Å². The molecule has 0 aliphatic heterocycles. The van der Waals surface area contributed by atoms with Crippen molar-refractivity contribution in [1.29, 1.82) is 5.26 Å². The van der Waals surface area contributed by atoms with Gasteiger partial charge in [-0.25, -0.2) is 5.10 Å². The Morgan fingerprint density at radius 1 is 0.952 bits per heavy atom. The maximum atomic E-state index is 12.8. The first kappa shape index (κ1) is 30.5. The molecule has 0 aliphatic carbocycles. The maximum Gasteiger partial charge on any atom is 0.573 e. The Morgan fingerprint density at radius 3 is 2.52 bits per heavy atom. The Hall–Kier alpha value is -4.41. The molecule has 2 aromatic carbocycles. The molecule has 0 unspecified atom stereocenters. The number of fused-ring (bicyclic) bond motifs is 1. The number of rotatable bonds is 14. The fourth-order valence-corrected chi connectivity index (χ4v) is 4.33. The lowest BCUT2D eigenvalue weighted by Gasteiger charge is -2.19. The summed E-state index contributed by atoms with van der Waals surface area (Å²) in [7, 11) is 0. The van der Waals surface area contributed by atoms with Gasteiger partial charge in [0.25, 0.3) is 5.56 Å². The van der Waals surface area contributed by atoms with Gasteiger partial charge < -0.3 is 20.1 Å². The third-order valence-corrected chi connectivity index (χ3v) is 6.54. The largest absolute Gasteiger partial charge is 0.573 e. The highest BCUT2D eigenvalue weighted by atomic mass is 19.4. The molecule has 42 heavy (non-hydrogen) atoms. The number of nitrogens with zero attached hydrogens (tertiary/aromatic N) is 3. The molecule has 2 heterocycles. The molecule has 0 fully saturated rings. The number of aromatic amines is 2. The quantitative estimate of drug-likeness (QED) is 0.152. The molecule has 4 rings (SSSR count). The number of aromatic nitrogens is 4. The minimum atomic E-state index is -4.81. The molecule has 0 saturated heterocycles. The number of unbranched alkanes of at least 4 members (excludes halogenated alkanes) is 1. The van der Waals surface area contributed by atoms with E-state index in [0.29, 0.717) is 49.5 Å². The van der Waals surface area contributed by atoms with Gasteiger partial charge in [0, 0.05) is 42.4 Å². The average molecular weight is 584 g/mol. The van der Waals surface area contributed by atoms with E-state index in [4.69, 9.17) is 4.74 Å². The maximum absolute atomic E-state index is 12.8. The molecule has 0 amide bonds. The second-order valence-corrected chi connectivity index (χ2v) is 10.3. The summed E-state index contributed by atoms with van der Waals surface area (Å²) in [5.41, 5.74) is 3.01. The van der Waals surface area contributed by atoms with E-state index in [9.17, 15) is 23.2 Å². The molecule has 10 nitrogen and oxygen atoms in total. The highest BCUT2D eigenvalue weighted by Crippen LogP contribution is 2.31. The first-order valence-corrected chi connectivity index (χ1v) is 13.4. The van der Waals surface area contributed by atoms with Crippen LogP contribution in [0.5, 0.6) is 5.75 Å². The SMILES string of the molecule is CC(C)(C#N)c1cc(CNCCCCOCCNc2cc(-c3cn[nH]c(=O)c3)cc3[nH]ncc23)cc(OC(F)(F)F)c1. The van der Waals surface area contributed by atoms with Crippen LogP contribution in [0.4, 0.5) is 18.9 Å². The molecular weight excluding hydrogens is 551 g/mol. The van der Waals surface area contributed by atoms with Crippen LogP contribution < -0.4 is 20.9 Å². The lowest BCUT2D eigenvalue weighted by Crippen LogP contribution is -2.20. The van der Waals surface area contributed by atoms with Crippen LogP contribution in [0.1, 0.15) is 37.8 Å². The Bertz CT molecular complexity index is 1590. The van der Waals surface area contributed by atoms with Gasteiger partial charge in [-0.2, -0.15) is 15.5 Å². The number of benzene rings is 2. The van der Waals surface area contributed by atoms with Gasteiger partial charge in [-0.3, -0.25) is 9.89 Å². The lowest BCUT2D eigenvalue weighted by molar-refractivity contribution is -0.274. The van der Waals surface area contributed by atoms with Crippen LogP contribution in [0.15, 0.2) is 53.6 Å². The third-order valence-electron chi connectivity index (χ3n) is 6.54. The Morgan fingerprint density at radius 2 is 1.76 bits per heavy atom. The minimum absolute atomic E-state index is 0.283. The first-order chi connectivity index (χ1) is 20.0.